The van der Waals surface area contributed by atoms with Crippen molar-refractivity contribution in [2.45, 2.75) is 24.5 Å². The second-order valence-electron chi connectivity index (χ2n) is 8.60. The van der Waals surface area contributed by atoms with Crippen LogP contribution in [0.2, 0.25) is 0 Å². The van der Waals surface area contributed by atoms with Crippen LogP contribution >= 0.6 is 0 Å². The van der Waals surface area contributed by atoms with Crippen molar-refractivity contribution in [3.8, 4) is 17.2 Å². The first-order valence-electron chi connectivity index (χ1n) is 11.8. The number of ether oxygens (including phenoxy) is 5. The molecule has 2 fully saturated rings. The van der Waals surface area contributed by atoms with E-state index in [1.54, 1.807) is 0 Å². The van der Waals surface area contributed by atoms with Crippen molar-refractivity contribution < 1.29 is 28.8 Å². The van der Waals surface area contributed by atoms with Gasteiger partial charge < -0.3 is 28.8 Å². The lowest BCUT2D eigenvalue weighted by Crippen LogP contribution is -2.07. The summed E-state index contributed by atoms with van der Waals surface area (Å²) in [5.41, 5.74) is 3.50. The zero-order chi connectivity index (χ0) is 23.2. The summed E-state index contributed by atoms with van der Waals surface area (Å²) in [5.74, 6) is 2.54. The van der Waals surface area contributed by atoms with Crippen molar-refractivity contribution in [2.24, 2.45) is 0 Å². The molecule has 3 aromatic rings. The average molecular weight is 463 g/mol. The Kier molecular flexibility index (Phi) is 7.29. The minimum absolute atomic E-state index is 0.0492. The van der Waals surface area contributed by atoms with Gasteiger partial charge in [0.1, 0.15) is 42.7 Å². The summed E-state index contributed by atoms with van der Waals surface area (Å²) >= 11 is 0. The van der Waals surface area contributed by atoms with Crippen molar-refractivity contribution in [1.82, 2.24) is 0 Å². The van der Waals surface area contributed by atoms with E-state index in [0.717, 1.165) is 36.0 Å². The summed E-state index contributed by atoms with van der Waals surface area (Å²) < 4.78 is 27.8. The first-order chi connectivity index (χ1) is 16.8. The Morgan fingerprint density at radius 2 is 1.03 bits per heavy atom. The molecule has 0 spiro atoms. The van der Waals surface area contributed by atoms with Gasteiger partial charge in [0.25, 0.3) is 0 Å². The molecule has 2 heterocycles. The molecule has 0 amide bonds. The number of benzene rings is 3. The minimum atomic E-state index is 0.0492. The monoisotopic (exact) mass is 462 g/mol. The zero-order valence-electron chi connectivity index (χ0n) is 19.1. The van der Waals surface area contributed by atoms with Crippen LogP contribution in [-0.4, -0.2) is 57.0 Å². The van der Waals surface area contributed by atoms with Gasteiger partial charge in [-0.3, -0.25) is 0 Å². The molecule has 2 aliphatic heterocycles. The van der Waals surface area contributed by atoms with Crippen LogP contribution in [0.1, 0.15) is 29.0 Å². The summed E-state index contributed by atoms with van der Waals surface area (Å²) in [6.45, 7) is 3.38. The molecule has 5 rings (SSSR count). The van der Waals surface area contributed by atoms with Crippen molar-refractivity contribution in [3.63, 3.8) is 0 Å². The summed E-state index contributed by atoms with van der Waals surface area (Å²) in [5, 5.41) is 8.97. The average Bonchev–Trinajstić information content (AvgIpc) is 3.80. The van der Waals surface area contributed by atoms with Gasteiger partial charge in [0, 0.05) is 18.9 Å². The van der Waals surface area contributed by atoms with Gasteiger partial charge in [0.2, 0.25) is 0 Å². The van der Waals surface area contributed by atoms with E-state index in [0.29, 0.717) is 26.2 Å². The Hall–Kier alpha value is -3.06. The highest BCUT2D eigenvalue weighted by molar-refractivity contribution is 5.46. The normalized spacial score (nSPS) is 19.3. The third-order valence-electron chi connectivity index (χ3n) is 5.89. The lowest BCUT2D eigenvalue weighted by Gasteiger charge is -2.20. The third-order valence-corrected chi connectivity index (χ3v) is 5.89. The molecular formula is C28H30O6. The molecule has 1 N–H and O–H groups in total. The molecule has 6 heteroatoms. The summed E-state index contributed by atoms with van der Waals surface area (Å²) in [4.78, 5) is 0. The Labute approximate surface area is 200 Å². The van der Waals surface area contributed by atoms with Crippen LogP contribution in [0.3, 0.4) is 0 Å². The second-order valence-corrected chi connectivity index (χ2v) is 8.60. The standard InChI is InChI=1S/C28H30O6/c29-14-1-15-30-23-8-2-20(3-9-23)28(21-4-10-24(11-5-21)31-16-26-18-33-26)22-6-12-25(13-7-22)32-17-27-19-34-27/h2-13,26-29H,1,14-19H2/t26-,27?,28?/m1/s1. The molecule has 2 saturated heterocycles. The van der Waals surface area contributed by atoms with Crippen LogP contribution in [0.5, 0.6) is 17.2 Å². The van der Waals surface area contributed by atoms with Gasteiger partial charge >= 0.3 is 0 Å². The van der Waals surface area contributed by atoms with Crippen LogP contribution in [0.25, 0.3) is 0 Å². The fraction of sp³-hybridized carbons (Fsp3) is 0.357. The van der Waals surface area contributed by atoms with E-state index in [-0.39, 0.29) is 24.7 Å². The molecular weight excluding hydrogens is 432 g/mol. The molecule has 2 unspecified atom stereocenters. The van der Waals surface area contributed by atoms with Crippen molar-refractivity contribution in [3.05, 3.63) is 89.5 Å². The maximum atomic E-state index is 8.97. The smallest absolute Gasteiger partial charge is 0.119 e. The van der Waals surface area contributed by atoms with E-state index in [1.807, 2.05) is 36.4 Å². The van der Waals surface area contributed by atoms with E-state index >= 15 is 0 Å². The van der Waals surface area contributed by atoms with Gasteiger partial charge in [-0.25, -0.2) is 0 Å². The Morgan fingerprint density at radius 1 is 0.647 bits per heavy atom. The highest BCUT2D eigenvalue weighted by Gasteiger charge is 2.24. The predicted molar refractivity (Wildman–Crippen MR) is 128 cm³/mol. The number of hydrogen-bond acceptors (Lipinski definition) is 6. The van der Waals surface area contributed by atoms with Crippen LogP contribution < -0.4 is 14.2 Å². The molecule has 2 aliphatic rings. The lowest BCUT2D eigenvalue weighted by molar-refractivity contribution is 0.233. The van der Waals surface area contributed by atoms with Crippen LogP contribution in [-0.2, 0) is 9.47 Å². The molecule has 3 aromatic carbocycles. The van der Waals surface area contributed by atoms with Gasteiger partial charge in [-0.2, -0.15) is 0 Å². The van der Waals surface area contributed by atoms with Gasteiger partial charge in [-0.15, -0.1) is 0 Å². The van der Waals surface area contributed by atoms with Crippen molar-refractivity contribution >= 4 is 0 Å². The number of hydrogen-bond donors (Lipinski definition) is 1. The molecule has 178 valence electrons. The van der Waals surface area contributed by atoms with Crippen molar-refractivity contribution in [2.75, 3.05) is 39.6 Å². The molecule has 0 radical (unpaired) electrons. The fourth-order valence-corrected chi connectivity index (χ4v) is 3.81. The third kappa shape index (κ3) is 6.29. The van der Waals surface area contributed by atoms with Crippen LogP contribution in [0.4, 0.5) is 0 Å². The summed E-state index contributed by atoms with van der Waals surface area (Å²) in [7, 11) is 0. The quantitative estimate of drug-likeness (QED) is 0.233. The van der Waals surface area contributed by atoms with Crippen LogP contribution in [0.15, 0.2) is 72.8 Å². The fourth-order valence-electron chi connectivity index (χ4n) is 3.81. The van der Waals surface area contributed by atoms with Gasteiger partial charge in [-0.05, 0) is 53.1 Å². The Balaban J connectivity index is 1.35. The maximum absolute atomic E-state index is 8.97. The Bertz CT molecular complexity index is 965. The van der Waals surface area contributed by atoms with Gasteiger partial charge in [0.05, 0.1) is 19.8 Å². The first kappa shape index (κ1) is 22.7. The molecule has 3 atom stereocenters. The maximum Gasteiger partial charge on any atom is 0.119 e. The number of epoxide rings is 2. The van der Waals surface area contributed by atoms with Gasteiger partial charge in [0.15, 0.2) is 0 Å². The number of rotatable bonds is 13. The topological polar surface area (TPSA) is 73.0 Å². The van der Waals surface area contributed by atoms with E-state index in [2.05, 4.69) is 36.4 Å². The highest BCUT2D eigenvalue weighted by Crippen LogP contribution is 2.35. The Morgan fingerprint density at radius 3 is 1.38 bits per heavy atom. The number of aliphatic hydroxyl groups is 1. The first-order valence-corrected chi connectivity index (χ1v) is 11.8. The molecule has 6 nitrogen and oxygen atoms in total. The van der Waals surface area contributed by atoms with E-state index in [1.165, 1.54) is 11.1 Å². The molecule has 0 aliphatic carbocycles. The summed E-state index contributed by atoms with van der Waals surface area (Å²) in [6.07, 6.45) is 1.09. The molecule has 34 heavy (non-hydrogen) atoms. The SMILES string of the molecule is OCCCOc1ccc(C(c2ccc(OCC3CO3)cc2)c2ccc(OC[C@@H]3CO3)cc2)cc1. The highest BCUT2D eigenvalue weighted by atomic mass is 16.6. The second kappa shape index (κ2) is 10.9. The number of aliphatic hydroxyl groups excluding tert-OH is 1. The minimum Gasteiger partial charge on any atom is -0.494 e. The van der Waals surface area contributed by atoms with E-state index in [9.17, 15) is 0 Å². The van der Waals surface area contributed by atoms with Crippen LogP contribution in [0, 0.1) is 0 Å². The van der Waals surface area contributed by atoms with Gasteiger partial charge in [-0.1, -0.05) is 36.4 Å². The largest absolute Gasteiger partial charge is 0.494 e. The van der Waals surface area contributed by atoms with Crippen molar-refractivity contribution in [1.29, 1.82) is 0 Å². The predicted octanol–water partition coefficient (Wildman–Crippen LogP) is 4.18. The molecule has 0 aromatic heterocycles. The lowest BCUT2D eigenvalue weighted by atomic mass is 9.85. The molecule has 0 saturated carbocycles. The van der Waals surface area contributed by atoms with E-state index < -0.39 is 0 Å². The summed E-state index contributed by atoms with van der Waals surface area (Å²) in [6, 6.07) is 24.7. The van der Waals surface area contributed by atoms with E-state index in [4.69, 9.17) is 28.8 Å². The molecule has 0 bridgehead atoms. The zero-order valence-corrected chi connectivity index (χ0v) is 19.1.